The Morgan fingerprint density at radius 3 is 1.72 bits per heavy atom. The van der Waals surface area contributed by atoms with Gasteiger partial charge in [-0.15, -0.1) is 0 Å². The van der Waals surface area contributed by atoms with Gasteiger partial charge in [-0.1, -0.05) is 78.1 Å². The molecule has 106 valence electrons. The second-order valence-electron chi connectivity index (χ2n) is 5.28. The lowest BCUT2D eigenvalue weighted by Gasteiger charge is -1.97. The summed E-state index contributed by atoms with van der Waals surface area (Å²) in [6, 6.07) is 0.312. The monoisotopic (exact) mass is 253 g/mol. The van der Waals surface area contributed by atoms with Crippen molar-refractivity contribution in [3.05, 3.63) is 0 Å². The molecule has 1 aliphatic rings. The van der Waals surface area contributed by atoms with Crippen molar-refractivity contribution in [3.8, 4) is 0 Å². The van der Waals surface area contributed by atoms with Crippen molar-refractivity contribution >= 4 is 6.08 Å². The molecule has 0 aromatic rings. The van der Waals surface area contributed by atoms with Crippen LogP contribution in [-0.4, -0.2) is 12.1 Å². The highest BCUT2D eigenvalue weighted by molar-refractivity contribution is 5.33. The topological polar surface area (TPSA) is 29.4 Å². The van der Waals surface area contributed by atoms with E-state index in [1.807, 2.05) is 0 Å². The molecule has 1 fully saturated rings. The molecule has 1 saturated carbocycles. The van der Waals surface area contributed by atoms with Gasteiger partial charge in [0.1, 0.15) is 0 Å². The maximum atomic E-state index is 9.67. The van der Waals surface area contributed by atoms with Gasteiger partial charge < -0.3 is 0 Å². The fourth-order valence-corrected chi connectivity index (χ4v) is 2.32. The van der Waals surface area contributed by atoms with Crippen LogP contribution in [0.25, 0.3) is 0 Å². The quantitative estimate of drug-likeness (QED) is 0.323. The molecule has 2 nitrogen and oxygen atoms in total. The highest BCUT2D eigenvalue weighted by Crippen LogP contribution is 2.19. The molecular weight excluding hydrogens is 222 g/mol. The van der Waals surface area contributed by atoms with Gasteiger partial charge in [0.05, 0.1) is 6.04 Å². The fraction of sp³-hybridized carbons (Fsp3) is 0.938. The Hall–Kier alpha value is -0.620. The third-order valence-electron chi connectivity index (χ3n) is 3.52. The van der Waals surface area contributed by atoms with Crippen LogP contribution in [0, 0.1) is 0 Å². The first-order valence-electron chi connectivity index (χ1n) is 7.92. The lowest BCUT2D eigenvalue weighted by atomic mass is 10.1. The van der Waals surface area contributed by atoms with Gasteiger partial charge in [0.15, 0.2) is 0 Å². The van der Waals surface area contributed by atoms with E-state index in [0.717, 1.165) is 12.8 Å². The second kappa shape index (κ2) is 14.4. The zero-order chi connectivity index (χ0) is 13.5. The van der Waals surface area contributed by atoms with Crippen LogP contribution in [0.5, 0.6) is 0 Å². The number of aliphatic imine (C=N–C) groups is 1. The van der Waals surface area contributed by atoms with E-state index in [-0.39, 0.29) is 0 Å². The number of nitrogens with zero attached hydrogens (tertiary/aromatic N) is 1. The third-order valence-corrected chi connectivity index (χ3v) is 3.52. The lowest BCUT2D eigenvalue weighted by Crippen LogP contribution is -1.92. The number of carbonyl (C=O) groups excluding carboxylic acids is 1. The number of hydrogen-bond donors (Lipinski definition) is 0. The average Bonchev–Trinajstić information content (AvgIpc) is 2.88. The third kappa shape index (κ3) is 11.9. The van der Waals surface area contributed by atoms with Gasteiger partial charge in [0.25, 0.3) is 0 Å². The Morgan fingerprint density at radius 1 is 0.889 bits per heavy atom. The molecule has 1 aliphatic carbocycles. The maximum Gasteiger partial charge on any atom is 0.235 e. The van der Waals surface area contributed by atoms with Crippen LogP contribution < -0.4 is 0 Å². The van der Waals surface area contributed by atoms with Crippen molar-refractivity contribution in [1.82, 2.24) is 0 Å². The predicted octanol–water partition coefficient (Wildman–Crippen LogP) is 5.41. The summed E-state index contributed by atoms with van der Waals surface area (Å²) >= 11 is 0. The van der Waals surface area contributed by atoms with Gasteiger partial charge >= 0.3 is 0 Å². The van der Waals surface area contributed by atoms with Crippen molar-refractivity contribution < 1.29 is 4.79 Å². The van der Waals surface area contributed by atoms with E-state index >= 15 is 0 Å². The molecule has 0 aliphatic heterocycles. The Kier molecular flexibility index (Phi) is 13.9. The van der Waals surface area contributed by atoms with E-state index in [9.17, 15) is 4.79 Å². The van der Waals surface area contributed by atoms with Crippen molar-refractivity contribution in [3.63, 3.8) is 0 Å². The number of isocyanates is 1. The van der Waals surface area contributed by atoms with E-state index < -0.39 is 0 Å². The number of hydrogen-bond acceptors (Lipinski definition) is 2. The Labute approximate surface area is 113 Å². The van der Waals surface area contributed by atoms with Crippen LogP contribution in [0.2, 0.25) is 0 Å². The smallest absolute Gasteiger partial charge is 0.211 e. The van der Waals surface area contributed by atoms with E-state index in [2.05, 4.69) is 18.8 Å². The summed E-state index contributed by atoms with van der Waals surface area (Å²) in [7, 11) is 0. The predicted molar refractivity (Wildman–Crippen MR) is 78.7 cm³/mol. The van der Waals surface area contributed by atoms with Crippen LogP contribution in [0.4, 0.5) is 0 Å². The summed E-state index contributed by atoms with van der Waals surface area (Å²) in [6.07, 6.45) is 17.7. The van der Waals surface area contributed by atoms with E-state index in [1.165, 1.54) is 64.2 Å². The van der Waals surface area contributed by atoms with Crippen LogP contribution in [-0.2, 0) is 4.79 Å². The molecular formula is C16H31NO. The van der Waals surface area contributed by atoms with Gasteiger partial charge in [0, 0.05) is 0 Å². The first-order valence-corrected chi connectivity index (χ1v) is 7.92. The van der Waals surface area contributed by atoms with E-state index in [1.54, 1.807) is 6.08 Å². The molecule has 0 saturated heterocycles. The van der Waals surface area contributed by atoms with Gasteiger partial charge in [-0.2, -0.15) is 0 Å². The summed E-state index contributed by atoms with van der Waals surface area (Å²) in [5.74, 6) is 0. The van der Waals surface area contributed by atoms with Crippen molar-refractivity contribution in [2.24, 2.45) is 4.99 Å². The Balaban J connectivity index is 0.000000327. The summed E-state index contributed by atoms with van der Waals surface area (Å²) < 4.78 is 0. The molecule has 2 heteroatoms. The molecule has 0 N–H and O–H groups in total. The molecule has 18 heavy (non-hydrogen) atoms. The van der Waals surface area contributed by atoms with Gasteiger partial charge in [0.2, 0.25) is 6.08 Å². The molecule has 0 unspecified atom stereocenters. The molecule has 0 aromatic heterocycles. The standard InChI is InChI=1S/C10H22.C6H9NO/c1-3-5-7-9-10-8-6-4-2;8-5-7-6-3-1-2-4-6/h3-10H2,1-2H3;6H,1-4H2. The summed E-state index contributed by atoms with van der Waals surface area (Å²) in [4.78, 5) is 13.3. The van der Waals surface area contributed by atoms with Gasteiger partial charge in [-0.25, -0.2) is 9.79 Å². The van der Waals surface area contributed by atoms with E-state index in [0.29, 0.717) is 6.04 Å². The highest BCUT2D eigenvalue weighted by atomic mass is 16.1. The number of rotatable bonds is 8. The molecule has 0 amide bonds. The Morgan fingerprint density at radius 2 is 1.33 bits per heavy atom. The van der Waals surface area contributed by atoms with Crippen LogP contribution in [0.3, 0.4) is 0 Å². The maximum absolute atomic E-state index is 9.67. The molecule has 0 heterocycles. The highest BCUT2D eigenvalue weighted by Gasteiger charge is 2.12. The molecule has 0 radical (unpaired) electrons. The van der Waals surface area contributed by atoms with Crippen molar-refractivity contribution in [2.45, 2.75) is 96.9 Å². The van der Waals surface area contributed by atoms with Gasteiger partial charge in [-0.05, 0) is 12.8 Å². The molecule has 0 aromatic carbocycles. The molecule has 1 rings (SSSR count). The first-order chi connectivity index (χ1) is 8.85. The van der Waals surface area contributed by atoms with Crippen LogP contribution in [0.1, 0.15) is 90.9 Å². The van der Waals surface area contributed by atoms with Crippen molar-refractivity contribution in [1.29, 1.82) is 0 Å². The van der Waals surface area contributed by atoms with Gasteiger partial charge in [-0.3, -0.25) is 0 Å². The largest absolute Gasteiger partial charge is 0.235 e. The zero-order valence-electron chi connectivity index (χ0n) is 12.4. The van der Waals surface area contributed by atoms with Crippen molar-refractivity contribution in [2.75, 3.05) is 0 Å². The number of unbranched alkanes of at least 4 members (excludes halogenated alkanes) is 7. The first kappa shape index (κ1) is 17.4. The minimum Gasteiger partial charge on any atom is -0.211 e. The summed E-state index contributed by atoms with van der Waals surface area (Å²) in [6.45, 7) is 4.54. The molecule has 0 spiro atoms. The Bertz CT molecular complexity index is 195. The van der Waals surface area contributed by atoms with E-state index in [4.69, 9.17) is 0 Å². The summed E-state index contributed by atoms with van der Waals surface area (Å²) in [5.41, 5.74) is 0. The minimum atomic E-state index is 0.312. The SMILES string of the molecule is CCCCCCCCCC.O=C=NC1CCCC1. The normalized spacial score (nSPS) is 14.8. The van der Waals surface area contributed by atoms with Crippen LogP contribution in [0.15, 0.2) is 4.99 Å². The average molecular weight is 253 g/mol. The van der Waals surface area contributed by atoms with Crippen LogP contribution >= 0.6 is 0 Å². The fourth-order valence-electron chi connectivity index (χ4n) is 2.32. The zero-order valence-corrected chi connectivity index (χ0v) is 12.4. The minimum absolute atomic E-state index is 0.312. The lowest BCUT2D eigenvalue weighted by molar-refractivity contribution is 0.556. The molecule has 0 atom stereocenters. The summed E-state index contributed by atoms with van der Waals surface area (Å²) in [5, 5.41) is 0. The second-order valence-corrected chi connectivity index (χ2v) is 5.28. The molecule has 0 bridgehead atoms.